The topological polar surface area (TPSA) is 29.3 Å². The van der Waals surface area contributed by atoms with Crippen LogP contribution in [0.15, 0.2) is 0 Å². The molecule has 0 aromatic rings. The van der Waals surface area contributed by atoms with Crippen LogP contribution >= 0.6 is 11.8 Å². The molecule has 0 spiro atoms. The van der Waals surface area contributed by atoms with Crippen LogP contribution in [0.3, 0.4) is 0 Å². The van der Waals surface area contributed by atoms with Crippen molar-refractivity contribution in [2.45, 2.75) is 31.8 Å². The van der Waals surface area contributed by atoms with Gasteiger partial charge < -0.3 is 10.6 Å². The minimum absolute atomic E-state index is 0.349. The van der Waals surface area contributed by atoms with Gasteiger partial charge in [-0.2, -0.15) is 11.8 Å². The van der Waals surface area contributed by atoms with Crippen molar-refractivity contribution in [1.82, 2.24) is 4.90 Å². The lowest BCUT2D eigenvalue weighted by atomic mass is 10.2. The first-order valence-corrected chi connectivity index (χ1v) is 5.89. The molecular formula is C9H20N2S. The van der Waals surface area contributed by atoms with Gasteiger partial charge in [0.2, 0.25) is 0 Å². The predicted octanol–water partition coefficient (Wildman–Crippen LogP) is 1.16. The van der Waals surface area contributed by atoms with Crippen molar-refractivity contribution >= 4 is 11.8 Å². The fourth-order valence-electron chi connectivity index (χ4n) is 1.46. The molecule has 0 bridgehead atoms. The quantitative estimate of drug-likeness (QED) is 0.718. The zero-order valence-corrected chi connectivity index (χ0v) is 8.94. The monoisotopic (exact) mass is 188 g/mol. The van der Waals surface area contributed by atoms with Gasteiger partial charge in [0.25, 0.3) is 0 Å². The number of hydrogen-bond acceptors (Lipinski definition) is 3. The molecule has 0 aromatic heterocycles. The van der Waals surface area contributed by atoms with Crippen LogP contribution in [0.5, 0.6) is 0 Å². The van der Waals surface area contributed by atoms with E-state index in [1.807, 2.05) is 0 Å². The second kappa shape index (κ2) is 5.10. The van der Waals surface area contributed by atoms with Gasteiger partial charge in [-0.05, 0) is 39.1 Å². The van der Waals surface area contributed by atoms with Gasteiger partial charge in [-0.25, -0.2) is 0 Å². The maximum Gasteiger partial charge on any atom is 0.0191 e. The summed E-state index contributed by atoms with van der Waals surface area (Å²) >= 11 is 2.07. The predicted molar refractivity (Wildman–Crippen MR) is 56.6 cm³/mol. The molecule has 1 aliphatic heterocycles. The maximum absolute atomic E-state index is 5.71. The molecule has 12 heavy (non-hydrogen) atoms. The lowest BCUT2D eigenvalue weighted by Gasteiger charge is -2.23. The largest absolute Gasteiger partial charge is 0.328 e. The standard InChI is InChI=1S/C9H20N2S/c1-8(10)3-5-11(2)9-4-6-12-7-9/h8-9H,3-7,10H2,1-2H3. The van der Waals surface area contributed by atoms with Gasteiger partial charge >= 0.3 is 0 Å². The third kappa shape index (κ3) is 3.33. The molecule has 2 unspecified atom stereocenters. The van der Waals surface area contributed by atoms with Crippen LogP contribution in [-0.2, 0) is 0 Å². The number of rotatable bonds is 4. The Morgan fingerprint density at radius 3 is 2.92 bits per heavy atom. The van der Waals surface area contributed by atoms with Crippen molar-refractivity contribution in [3.8, 4) is 0 Å². The fourth-order valence-corrected chi connectivity index (χ4v) is 2.76. The molecule has 2 N–H and O–H groups in total. The van der Waals surface area contributed by atoms with E-state index in [-0.39, 0.29) is 0 Å². The minimum atomic E-state index is 0.349. The van der Waals surface area contributed by atoms with E-state index in [0.29, 0.717) is 6.04 Å². The number of nitrogens with two attached hydrogens (primary N) is 1. The molecule has 2 atom stereocenters. The van der Waals surface area contributed by atoms with E-state index >= 15 is 0 Å². The maximum atomic E-state index is 5.71. The van der Waals surface area contributed by atoms with Gasteiger partial charge in [0.15, 0.2) is 0 Å². The fraction of sp³-hybridized carbons (Fsp3) is 1.00. The van der Waals surface area contributed by atoms with Gasteiger partial charge in [0.1, 0.15) is 0 Å². The Morgan fingerprint density at radius 1 is 1.67 bits per heavy atom. The van der Waals surface area contributed by atoms with Gasteiger partial charge in [0, 0.05) is 17.8 Å². The van der Waals surface area contributed by atoms with Crippen LogP contribution < -0.4 is 5.73 Å². The zero-order chi connectivity index (χ0) is 8.97. The summed E-state index contributed by atoms with van der Waals surface area (Å²) in [6, 6.07) is 1.16. The molecular weight excluding hydrogens is 168 g/mol. The molecule has 1 rings (SSSR count). The molecule has 0 radical (unpaired) electrons. The smallest absolute Gasteiger partial charge is 0.0191 e. The molecule has 1 heterocycles. The summed E-state index contributed by atoms with van der Waals surface area (Å²) in [6.07, 6.45) is 2.48. The molecule has 1 saturated heterocycles. The van der Waals surface area contributed by atoms with Crippen molar-refractivity contribution < 1.29 is 0 Å². The normalized spacial score (nSPS) is 26.5. The summed E-state index contributed by atoms with van der Waals surface area (Å²) in [7, 11) is 2.22. The lowest BCUT2D eigenvalue weighted by molar-refractivity contribution is 0.254. The van der Waals surface area contributed by atoms with E-state index in [1.165, 1.54) is 17.9 Å². The Bertz CT molecular complexity index is 122. The Kier molecular flexibility index (Phi) is 4.40. The molecule has 1 fully saturated rings. The van der Waals surface area contributed by atoms with Crippen LogP contribution in [-0.4, -0.2) is 42.1 Å². The lowest BCUT2D eigenvalue weighted by Crippen LogP contribution is -2.34. The van der Waals surface area contributed by atoms with E-state index in [0.717, 1.165) is 19.0 Å². The molecule has 1 aliphatic rings. The third-order valence-corrected chi connectivity index (χ3v) is 3.61. The first-order valence-electron chi connectivity index (χ1n) is 4.73. The van der Waals surface area contributed by atoms with Crippen LogP contribution in [0.1, 0.15) is 19.8 Å². The Labute approximate surface area is 79.9 Å². The van der Waals surface area contributed by atoms with E-state index in [2.05, 4.69) is 30.6 Å². The first-order chi connectivity index (χ1) is 5.70. The van der Waals surface area contributed by atoms with Crippen LogP contribution in [0, 0.1) is 0 Å². The van der Waals surface area contributed by atoms with Crippen molar-refractivity contribution in [2.75, 3.05) is 25.1 Å². The molecule has 72 valence electrons. The Balaban J connectivity index is 2.13. The number of thioether (sulfide) groups is 1. The molecule has 0 aromatic carbocycles. The zero-order valence-electron chi connectivity index (χ0n) is 8.12. The van der Waals surface area contributed by atoms with Crippen LogP contribution in [0.4, 0.5) is 0 Å². The van der Waals surface area contributed by atoms with E-state index in [4.69, 9.17) is 5.73 Å². The first kappa shape index (κ1) is 10.4. The highest BCUT2D eigenvalue weighted by atomic mass is 32.2. The van der Waals surface area contributed by atoms with Gasteiger partial charge in [0.05, 0.1) is 0 Å². The van der Waals surface area contributed by atoms with E-state index in [1.54, 1.807) is 0 Å². The van der Waals surface area contributed by atoms with Crippen molar-refractivity contribution in [2.24, 2.45) is 5.73 Å². The summed E-state index contributed by atoms with van der Waals surface area (Å²) in [5.74, 6) is 2.66. The molecule has 0 saturated carbocycles. The summed E-state index contributed by atoms with van der Waals surface area (Å²) in [5.41, 5.74) is 5.71. The highest BCUT2D eigenvalue weighted by molar-refractivity contribution is 7.99. The van der Waals surface area contributed by atoms with Gasteiger partial charge in [-0.3, -0.25) is 0 Å². The summed E-state index contributed by atoms with van der Waals surface area (Å²) in [5, 5.41) is 0. The summed E-state index contributed by atoms with van der Waals surface area (Å²) < 4.78 is 0. The molecule has 2 nitrogen and oxygen atoms in total. The average Bonchev–Trinajstić information content (AvgIpc) is 2.51. The SMILES string of the molecule is CC(N)CCN(C)C1CCSC1. The minimum Gasteiger partial charge on any atom is -0.328 e. The number of nitrogens with zero attached hydrogens (tertiary/aromatic N) is 1. The summed E-state index contributed by atoms with van der Waals surface area (Å²) in [4.78, 5) is 2.46. The van der Waals surface area contributed by atoms with E-state index < -0.39 is 0 Å². The summed E-state index contributed by atoms with van der Waals surface area (Å²) in [6.45, 7) is 3.24. The van der Waals surface area contributed by atoms with Crippen molar-refractivity contribution in [3.63, 3.8) is 0 Å². The average molecular weight is 188 g/mol. The van der Waals surface area contributed by atoms with Gasteiger partial charge in [-0.1, -0.05) is 0 Å². The molecule has 3 heteroatoms. The molecule has 0 amide bonds. The highest BCUT2D eigenvalue weighted by Crippen LogP contribution is 2.21. The van der Waals surface area contributed by atoms with Crippen molar-refractivity contribution in [1.29, 1.82) is 0 Å². The Morgan fingerprint density at radius 2 is 2.42 bits per heavy atom. The number of hydrogen-bond donors (Lipinski definition) is 1. The van der Waals surface area contributed by atoms with Gasteiger partial charge in [-0.15, -0.1) is 0 Å². The molecule has 0 aliphatic carbocycles. The van der Waals surface area contributed by atoms with E-state index in [9.17, 15) is 0 Å². The second-order valence-electron chi connectivity index (χ2n) is 3.76. The van der Waals surface area contributed by atoms with Crippen LogP contribution in [0.25, 0.3) is 0 Å². The third-order valence-electron chi connectivity index (χ3n) is 2.47. The Hall–Kier alpha value is 0.270. The van der Waals surface area contributed by atoms with Crippen LogP contribution in [0.2, 0.25) is 0 Å². The second-order valence-corrected chi connectivity index (χ2v) is 4.91. The highest BCUT2D eigenvalue weighted by Gasteiger charge is 2.19. The van der Waals surface area contributed by atoms with Crippen molar-refractivity contribution in [3.05, 3.63) is 0 Å².